The van der Waals surface area contributed by atoms with Crippen molar-refractivity contribution in [1.82, 2.24) is 14.5 Å². The minimum absolute atomic E-state index is 0.306. The largest absolute Gasteiger partial charge is 0.508 e. The van der Waals surface area contributed by atoms with Gasteiger partial charge in [0.1, 0.15) is 17.1 Å². The van der Waals surface area contributed by atoms with Gasteiger partial charge in [-0.15, -0.1) is 0 Å². The molecule has 1 atom stereocenters. The predicted octanol–water partition coefficient (Wildman–Crippen LogP) is 2.76. The summed E-state index contributed by atoms with van der Waals surface area (Å²) in [4.78, 5) is 9.26. The van der Waals surface area contributed by atoms with Crippen LogP contribution in [0.25, 0.3) is 11.2 Å². The van der Waals surface area contributed by atoms with Crippen LogP contribution in [0.2, 0.25) is 0 Å². The number of aromatic nitrogens is 3. The molecule has 0 radical (unpaired) electrons. The molecule has 0 bridgehead atoms. The zero-order valence-corrected chi connectivity index (χ0v) is 12.9. The molecule has 4 rings (SSSR count). The number of hydrogen-bond acceptors (Lipinski definition) is 4. The first-order valence-electron chi connectivity index (χ1n) is 7.96. The summed E-state index contributed by atoms with van der Waals surface area (Å²) in [7, 11) is 0. The quantitative estimate of drug-likeness (QED) is 0.805. The number of hydrogen-bond donors (Lipinski definition) is 1. The van der Waals surface area contributed by atoms with Gasteiger partial charge >= 0.3 is 0 Å². The summed E-state index contributed by atoms with van der Waals surface area (Å²) in [5.41, 5.74) is 2.64. The Morgan fingerprint density at radius 2 is 2.13 bits per heavy atom. The highest BCUT2D eigenvalue weighted by molar-refractivity contribution is 5.71. The van der Waals surface area contributed by atoms with Crippen LogP contribution in [0, 0.1) is 5.92 Å². The second-order valence-electron chi connectivity index (χ2n) is 6.02. The van der Waals surface area contributed by atoms with Gasteiger partial charge in [0.05, 0.1) is 6.54 Å². The second-order valence-corrected chi connectivity index (χ2v) is 6.02. The van der Waals surface area contributed by atoms with E-state index in [1.165, 1.54) is 0 Å². The number of phenolic OH excluding ortho intramolecular Hbond substituents is 1. The van der Waals surface area contributed by atoms with Crippen molar-refractivity contribution in [3.05, 3.63) is 54.0 Å². The van der Waals surface area contributed by atoms with E-state index in [0.717, 1.165) is 48.6 Å². The van der Waals surface area contributed by atoms with Crippen LogP contribution < -0.4 is 0 Å². The van der Waals surface area contributed by atoms with Crippen molar-refractivity contribution in [2.24, 2.45) is 5.92 Å². The number of nitrogens with zero attached hydrogens (tertiary/aromatic N) is 3. The molecule has 2 aromatic heterocycles. The Morgan fingerprint density at radius 3 is 2.96 bits per heavy atom. The molecule has 1 aliphatic heterocycles. The molecule has 1 aliphatic rings. The lowest BCUT2D eigenvalue weighted by Crippen LogP contribution is -2.12. The number of phenols is 1. The third kappa shape index (κ3) is 2.80. The highest BCUT2D eigenvalue weighted by atomic mass is 16.5. The summed E-state index contributed by atoms with van der Waals surface area (Å²) < 4.78 is 7.60. The maximum atomic E-state index is 10.1. The zero-order chi connectivity index (χ0) is 15.6. The highest BCUT2D eigenvalue weighted by Crippen LogP contribution is 2.24. The van der Waals surface area contributed by atoms with Gasteiger partial charge in [-0.05, 0) is 30.5 Å². The molecule has 0 aliphatic carbocycles. The van der Waals surface area contributed by atoms with Gasteiger partial charge in [0, 0.05) is 31.4 Å². The summed E-state index contributed by atoms with van der Waals surface area (Å²) in [6, 6.07) is 11.3. The van der Waals surface area contributed by atoms with Gasteiger partial charge in [-0.1, -0.05) is 18.2 Å². The molecule has 1 N–H and O–H groups in total. The molecule has 3 heterocycles. The van der Waals surface area contributed by atoms with Crippen LogP contribution in [-0.2, 0) is 17.7 Å². The number of aromatic hydroxyl groups is 1. The second kappa shape index (κ2) is 6.01. The van der Waals surface area contributed by atoms with Crippen LogP contribution in [0.15, 0.2) is 42.6 Å². The van der Waals surface area contributed by atoms with Crippen LogP contribution in [0.4, 0.5) is 0 Å². The molecule has 1 saturated heterocycles. The average molecular weight is 309 g/mol. The number of rotatable bonds is 4. The zero-order valence-electron chi connectivity index (χ0n) is 12.9. The Morgan fingerprint density at radius 1 is 1.22 bits per heavy atom. The first kappa shape index (κ1) is 14.2. The van der Waals surface area contributed by atoms with E-state index in [0.29, 0.717) is 18.2 Å². The molecule has 0 spiro atoms. The van der Waals surface area contributed by atoms with E-state index >= 15 is 0 Å². The van der Waals surface area contributed by atoms with Crippen LogP contribution >= 0.6 is 0 Å². The summed E-state index contributed by atoms with van der Waals surface area (Å²) >= 11 is 0. The third-order valence-electron chi connectivity index (χ3n) is 4.40. The normalized spacial score (nSPS) is 17.8. The van der Waals surface area contributed by atoms with Crippen molar-refractivity contribution in [2.45, 2.75) is 19.4 Å². The lowest BCUT2D eigenvalue weighted by atomic mass is 10.0. The van der Waals surface area contributed by atoms with Crippen LogP contribution in [0.5, 0.6) is 5.75 Å². The minimum atomic E-state index is 0.306. The van der Waals surface area contributed by atoms with Gasteiger partial charge in [-0.3, -0.25) is 0 Å². The molecule has 5 nitrogen and oxygen atoms in total. The summed E-state index contributed by atoms with van der Waals surface area (Å²) in [6.45, 7) is 2.21. The average Bonchev–Trinajstić information content (AvgIpc) is 3.19. The molecule has 1 fully saturated rings. The number of para-hydroxylation sites is 1. The fourth-order valence-electron chi connectivity index (χ4n) is 3.14. The first-order chi connectivity index (χ1) is 11.3. The topological polar surface area (TPSA) is 60.2 Å². The van der Waals surface area contributed by atoms with E-state index in [2.05, 4.69) is 9.55 Å². The van der Waals surface area contributed by atoms with Gasteiger partial charge in [-0.25, -0.2) is 9.97 Å². The SMILES string of the molecule is Oc1ccccc1Cn1c(CC2CCOC2)nc2cccnc21. The molecular weight excluding hydrogens is 290 g/mol. The summed E-state index contributed by atoms with van der Waals surface area (Å²) in [5.74, 6) is 1.83. The number of pyridine rings is 1. The monoisotopic (exact) mass is 309 g/mol. The number of imidazole rings is 1. The van der Waals surface area contributed by atoms with E-state index in [9.17, 15) is 5.11 Å². The lowest BCUT2D eigenvalue weighted by Gasteiger charge is -2.12. The Labute approximate surface area is 134 Å². The molecule has 0 saturated carbocycles. The molecule has 3 aromatic rings. The van der Waals surface area contributed by atoms with E-state index in [4.69, 9.17) is 9.72 Å². The number of ether oxygens (including phenoxy) is 1. The molecule has 5 heteroatoms. The smallest absolute Gasteiger partial charge is 0.160 e. The Kier molecular flexibility index (Phi) is 3.71. The summed E-state index contributed by atoms with van der Waals surface area (Å²) in [5, 5.41) is 10.1. The molecule has 1 aromatic carbocycles. The Hall–Kier alpha value is -2.40. The molecular formula is C18H19N3O2. The Bertz CT molecular complexity index is 822. The van der Waals surface area contributed by atoms with Gasteiger partial charge in [-0.2, -0.15) is 0 Å². The van der Waals surface area contributed by atoms with Gasteiger partial charge < -0.3 is 14.4 Å². The van der Waals surface area contributed by atoms with Crippen LogP contribution in [-0.4, -0.2) is 32.9 Å². The molecule has 118 valence electrons. The summed E-state index contributed by atoms with van der Waals surface area (Å²) in [6.07, 6.45) is 3.74. The van der Waals surface area contributed by atoms with E-state index in [1.807, 2.05) is 30.3 Å². The van der Waals surface area contributed by atoms with Crippen molar-refractivity contribution in [3.63, 3.8) is 0 Å². The van der Waals surface area contributed by atoms with Crippen LogP contribution in [0.1, 0.15) is 17.8 Å². The van der Waals surface area contributed by atoms with E-state index < -0.39 is 0 Å². The maximum absolute atomic E-state index is 10.1. The fraction of sp³-hybridized carbons (Fsp3) is 0.333. The fourth-order valence-corrected chi connectivity index (χ4v) is 3.14. The van der Waals surface area contributed by atoms with Gasteiger partial charge in [0.25, 0.3) is 0 Å². The van der Waals surface area contributed by atoms with E-state index in [-0.39, 0.29) is 0 Å². The minimum Gasteiger partial charge on any atom is -0.508 e. The molecule has 0 amide bonds. The number of fused-ring (bicyclic) bond motifs is 1. The maximum Gasteiger partial charge on any atom is 0.160 e. The molecule has 1 unspecified atom stereocenters. The first-order valence-corrected chi connectivity index (χ1v) is 7.96. The lowest BCUT2D eigenvalue weighted by molar-refractivity contribution is 0.185. The standard InChI is InChI=1S/C18H19N3O2/c22-16-6-2-1-4-14(16)11-21-17(10-13-7-9-23-12-13)20-15-5-3-8-19-18(15)21/h1-6,8,13,22H,7,9-12H2. The number of benzene rings is 1. The van der Waals surface area contributed by atoms with Crippen molar-refractivity contribution >= 4 is 11.2 Å². The Balaban J connectivity index is 1.74. The van der Waals surface area contributed by atoms with Crippen molar-refractivity contribution in [1.29, 1.82) is 0 Å². The third-order valence-corrected chi connectivity index (χ3v) is 4.40. The van der Waals surface area contributed by atoms with Gasteiger partial charge in [0.2, 0.25) is 0 Å². The van der Waals surface area contributed by atoms with Crippen LogP contribution in [0.3, 0.4) is 0 Å². The highest BCUT2D eigenvalue weighted by Gasteiger charge is 2.21. The predicted molar refractivity (Wildman–Crippen MR) is 87.4 cm³/mol. The molecule has 23 heavy (non-hydrogen) atoms. The van der Waals surface area contributed by atoms with Crippen molar-refractivity contribution < 1.29 is 9.84 Å². The van der Waals surface area contributed by atoms with E-state index in [1.54, 1.807) is 12.3 Å². The van der Waals surface area contributed by atoms with Crippen molar-refractivity contribution in [2.75, 3.05) is 13.2 Å². The van der Waals surface area contributed by atoms with Gasteiger partial charge in [0.15, 0.2) is 5.65 Å². The van der Waals surface area contributed by atoms with Crippen molar-refractivity contribution in [3.8, 4) is 5.75 Å².